The van der Waals surface area contributed by atoms with Crippen LogP contribution in [0.15, 0.2) is 0 Å². The van der Waals surface area contributed by atoms with Crippen molar-refractivity contribution in [3.05, 3.63) is 0 Å². The molecule has 0 aliphatic heterocycles. The Balaban J connectivity index is 1.97. The molecule has 1 aliphatic rings. The third-order valence-corrected chi connectivity index (χ3v) is 3.64. The molecule has 1 saturated carbocycles. The summed E-state index contributed by atoms with van der Waals surface area (Å²) in [6.45, 7) is -0.101. The van der Waals surface area contributed by atoms with Gasteiger partial charge in [0.05, 0.1) is 18.7 Å². The largest absolute Gasteiger partial charge is 0.393 e. The van der Waals surface area contributed by atoms with Gasteiger partial charge in [0, 0.05) is 13.0 Å². The Morgan fingerprint density at radius 2 is 2.12 bits per heavy atom. The zero-order chi connectivity index (χ0) is 12.0. The van der Waals surface area contributed by atoms with Crippen molar-refractivity contribution in [3.8, 4) is 0 Å². The lowest BCUT2D eigenvalue weighted by Crippen LogP contribution is -2.35. The van der Waals surface area contributed by atoms with Crippen LogP contribution in [0.5, 0.6) is 0 Å². The number of hydrogen-bond acceptors (Lipinski definition) is 3. The topological polar surface area (TPSA) is 38.7 Å². The Kier molecular flexibility index (Phi) is 6.88. The molecule has 0 aromatic carbocycles. The van der Waals surface area contributed by atoms with Crippen molar-refractivity contribution < 1.29 is 23.1 Å². The molecule has 1 aliphatic carbocycles. The van der Waals surface area contributed by atoms with E-state index in [1.807, 2.05) is 22.0 Å². The minimum atomic E-state index is -2.75. The van der Waals surface area contributed by atoms with Crippen molar-refractivity contribution in [1.82, 2.24) is 0 Å². The molecule has 0 amide bonds. The fourth-order valence-electron chi connectivity index (χ4n) is 1.46. The summed E-state index contributed by atoms with van der Waals surface area (Å²) in [5, 5.41) is 8.98. The van der Waals surface area contributed by atoms with E-state index in [0.29, 0.717) is 25.9 Å². The first-order valence-corrected chi connectivity index (χ1v) is 9.20. The SMILES string of the molecule is O[C@H]1C[C@@H](OCCCC(F)(F)COPI)C1. The number of halogens is 3. The van der Waals surface area contributed by atoms with Crippen LogP contribution in [0.1, 0.15) is 25.7 Å². The quantitative estimate of drug-likeness (QED) is 0.407. The molecule has 1 unspecified atom stereocenters. The van der Waals surface area contributed by atoms with Crippen molar-refractivity contribution in [3.63, 3.8) is 0 Å². The zero-order valence-electron chi connectivity index (χ0n) is 8.79. The van der Waals surface area contributed by atoms with Gasteiger partial charge in [-0.15, -0.1) is 0 Å². The number of hydrogen-bond donors (Lipinski definition) is 1. The van der Waals surface area contributed by atoms with Gasteiger partial charge >= 0.3 is 0 Å². The Morgan fingerprint density at radius 3 is 2.69 bits per heavy atom. The molecule has 0 radical (unpaired) electrons. The van der Waals surface area contributed by atoms with Crippen LogP contribution in [-0.2, 0) is 9.26 Å². The van der Waals surface area contributed by atoms with Crippen LogP contribution in [0.2, 0.25) is 0 Å². The molecule has 0 saturated heterocycles. The van der Waals surface area contributed by atoms with E-state index in [-0.39, 0.29) is 25.1 Å². The average molecular weight is 368 g/mol. The average Bonchev–Trinajstić information content (AvgIpc) is 2.18. The lowest BCUT2D eigenvalue weighted by molar-refractivity contribution is -0.0837. The molecule has 1 rings (SSSR count). The first-order chi connectivity index (χ1) is 7.53. The number of aliphatic hydroxyl groups excluding tert-OH is 1. The zero-order valence-corrected chi connectivity index (χ0v) is 12.0. The van der Waals surface area contributed by atoms with E-state index >= 15 is 0 Å². The van der Waals surface area contributed by atoms with Gasteiger partial charge in [-0.25, -0.2) is 8.78 Å². The predicted molar refractivity (Wildman–Crippen MR) is 67.4 cm³/mol. The molecule has 3 nitrogen and oxygen atoms in total. The maximum absolute atomic E-state index is 13.1. The Hall–Kier alpha value is 0.900. The molecular formula is C9H16F2IO3P. The van der Waals surface area contributed by atoms with E-state index in [1.165, 1.54) is 0 Å². The first-order valence-electron chi connectivity index (χ1n) is 5.18. The van der Waals surface area contributed by atoms with Crippen LogP contribution < -0.4 is 0 Å². The maximum atomic E-state index is 13.1. The van der Waals surface area contributed by atoms with Gasteiger partial charge in [-0.05, 0) is 41.3 Å². The van der Waals surface area contributed by atoms with Crippen LogP contribution in [0.4, 0.5) is 8.78 Å². The minimum absolute atomic E-state index is 0.0655. The second kappa shape index (κ2) is 7.36. The van der Waals surface area contributed by atoms with Gasteiger partial charge in [0.1, 0.15) is 6.61 Å². The van der Waals surface area contributed by atoms with Crippen molar-refractivity contribution in [2.45, 2.75) is 43.8 Å². The van der Waals surface area contributed by atoms with E-state index in [4.69, 9.17) is 14.4 Å². The van der Waals surface area contributed by atoms with Crippen LogP contribution in [-0.4, -0.2) is 36.5 Å². The summed E-state index contributed by atoms with van der Waals surface area (Å²) in [5.41, 5.74) is 0. The fourth-order valence-corrected chi connectivity index (χ4v) is 2.19. The highest BCUT2D eigenvalue weighted by molar-refractivity contribution is 14.2. The summed E-state index contributed by atoms with van der Waals surface area (Å²) < 4.78 is 36.2. The van der Waals surface area contributed by atoms with Crippen LogP contribution in [0.3, 0.4) is 0 Å². The molecule has 7 heteroatoms. The van der Waals surface area contributed by atoms with Gasteiger partial charge in [-0.2, -0.15) is 0 Å². The van der Waals surface area contributed by atoms with Gasteiger partial charge in [0.2, 0.25) is 0 Å². The molecular weight excluding hydrogens is 352 g/mol. The minimum Gasteiger partial charge on any atom is -0.393 e. The normalized spacial score (nSPS) is 26.2. The fraction of sp³-hybridized carbons (Fsp3) is 1.00. The van der Waals surface area contributed by atoms with Gasteiger partial charge in [0.25, 0.3) is 5.92 Å². The summed E-state index contributed by atoms with van der Waals surface area (Å²) in [6.07, 6.45) is 1.20. The molecule has 0 spiro atoms. The third kappa shape index (κ3) is 6.00. The number of rotatable bonds is 8. The van der Waals surface area contributed by atoms with Crippen LogP contribution in [0.25, 0.3) is 0 Å². The summed E-state index contributed by atoms with van der Waals surface area (Å²) >= 11 is 1.92. The van der Waals surface area contributed by atoms with Gasteiger partial charge in [-0.1, -0.05) is 0 Å². The van der Waals surface area contributed by atoms with E-state index < -0.39 is 12.5 Å². The summed E-state index contributed by atoms with van der Waals surface area (Å²) in [5.74, 6) is -2.75. The smallest absolute Gasteiger partial charge is 0.271 e. The molecule has 1 N–H and O–H groups in total. The lowest BCUT2D eigenvalue weighted by Gasteiger charge is -2.31. The van der Waals surface area contributed by atoms with Gasteiger partial charge in [0.15, 0.2) is 0 Å². The number of ether oxygens (including phenoxy) is 1. The van der Waals surface area contributed by atoms with Crippen molar-refractivity contribution in [2.75, 3.05) is 13.2 Å². The molecule has 0 aromatic heterocycles. The molecule has 0 aromatic rings. The molecule has 96 valence electrons. The highest BCUT2D eigenvalue weighted by Gasteiger charge is 2.30. The van der Waals surface area contributed by atoms with E-state index in [0.717, 1.165) is 0 Å². The lowest BCUT2D eigenvalue weighted by atomic mass is 9.92. The summed E-state index contributed by atoms with van der Waals surface area (Å²) in [4.78, 5) is 0. The second-order valence-electron chi connectivity index (χ2n) is 3.94. The third-order valence-electron chi connectivity index (χ3n) is 2.45. The van der Waals surface area contributed by atoms with Gasteiger partial charge in [-0.3, -0.25) is 0 Å². The monoisotopic (exact) mass is 368 g/mol. The van der Waals surface area contributed by atoms with E-state index in [2.05, 4.69) is 0 Å². The molecule has 1 atom stereocenters. The second-order valence-corrected chi connectivity index (χ2v) is 5.71. The predicted octanol–water partition coefficient (Wildman–Crippen LogP) is 2.90. The summed E-state index contributed by atoms with van der Waals surface area (Å²) in [6, 6.07) is 0. The van der Waals surface area contributed by atoms with Crippen molar-refractivity contribution >= 4 is 28.5 Å². The Labute approximate surface area is 109 Å². The highest BCUT2D eigenvalue weighted by Crippen LogP contribution is 2.29. The highest BCUT2D eigenvalue weighted by atomic mass is 127. The molecule has 0 bridgehead atoms. The molecule has 16 heavy (non-hydrogen) atoms. The molecule has 0 heterocycles. The van der Waals surface area contributed by atoms with Crippen LogP contribution >= 0.6 is 28.5 Å². The van der Waals surface area contributed by atoms with E-state index in [1.54, 1.807) is 0 Å². The van der Waals surface area contributed by atoms with Crippen LogP contribution in [0, 0.1) is 0 Å². The number of aliphatic hydroxyl groups is 1. The van der Waals surface area contributed by atoms with Crippen molar-refractivity contribution in [1.29, 1.82) is 0 Å². The first kappa shape index (κ1) is 15.0. The van der Waals surface area contributed by atoms with Crippen molar-refractivity contribution in [2.24, 2.45) is 0 Å². The van der Waals surface area contributed by atoms with E-state index in [9.17, 15) is 8.78 Å². The Bertz CT molecular complexity index is 203. The van der Waals surface area contributed by atoms with Gasteiger partial charge < -0.3 is 14.4 Å². The molecule has 1 fully saturated rings. The standard InChI is InChI=1S/C9H16F2IO3P/c10-9(11,6-15-16-12)2-1-3-14-8-4-7(13)5-8/h7-8,13,16H,1-6H2/t7-,8+. The summed E-state index contributed by atoms with van der Waals surface area (Å²) in [7, 11) is 0. The Morgan fingerprint density at radius 1 is 1.44 bits per heavy atom. The number of alkyl halides is 2. The maximum Gasteiger partial charge on any atom is 0.271 e.